The molecule has 0 saturated heterocycles. The molecule has 1 aromatic carbocycles. The van der Waals surface area contributed by atoms with Crippen molar-refractivity contribution in [2.45, 2.75) is 40.0 Å². The van der Waals surface area contributed by atoms with Gasteiger partial charge in [-0.25, -0.2) is 0 Å². The molecule has 0 heterocycles. The minimum absolute atomic E-state index is 1.10. The van der Waals surface area contributed by atoms with Gasteiger partial charge >= 0.3 is 0 Å². The van der Waals surface area contributed by atoms with Gasteiger partial charge in [-0.15, -0.1) is 0 Å². The summed E-state index contributed by atoms with van der Waals surface area (Å²) in [5.74, 6) is 0. The highest BCUT2D eigenvalue weighted by atomic mass is 14.1. The maximum atomic E-state index is 3.87. The lowest BCUT2D eigenvalue weighted by atomic mass is 9.94. The van der Waals surface area contributed by atoms with Crippen LogP contribution in [0.15, 0.2) is 18.7 Å². The molecular weight excluding hydrogens is 168 g/mol. The van der Waals surface area contributed by atoms with Gasteiger partial charge in [0, 0.05) is 0 Å². The Morgan fingerprint density at radius 3 is 1.86 bits per heavy atom. The van der Waals surface area contributed by atoms with E-state index in [1.807, 2.05) is 6.08 Å². The largest absolute Gasteiger partial charge is 0.0985 e. The molecule has 1 aromatic rings. The van der Waals surface area contributed by atoms with Crippen LogP contribution in [0, 0.1) is 0 Å². The zero-order chi connectivity index (χ0) is 10.6. The Hall–Kier alpha value is -1.04. The normalized spacial score (nSPS) is 10.2. The van der Waals surface area contributed by atoms with Crippen LogP contribution < -0.4 is 0 Å². The van der Waals surface area contributed by atoms with Crippen LogP contribution in [-0.2, 0) is 19.3 Å². The molecule has 0 atom stereocenters. The molecule has 0 unspecified atom stereocenters. The van der Waals surface area contributed by atoms with E-state index < -0.39 is 0 Å². The summed E-state index contributed by atoms with van der Waals surface area (Å²) in [4.78, 5) is 0. The molecule has 0 fully saturated rings. The lowest BCUT2D eigenvalue weighted by Crippen LogP contribution is -1.96. The molecule has 0 aromatic heterocycles. The molecule has 0 N–H and O–H groups in total. The van der Waals surface area contributed by atoms with Gasteiger partial charge in [-0.2, -0.15) is 0 Å². The van der Waals surface area contributed by atoms with Gasteiger partial charge in [0.2, 0.25) is 0 Å². The van der Waals surface area contributed by atoms with E-state index in [0.717, 1.165) is 19.3 Å². The average Bonchev–Trinajstić information content (AvgIpc) is 2.26. The third-order valence-electron chi connectivity index (χ3n) is 2.82. The Morgan fingerprint density at radius 1 is 0.929 bits per heavy atom. The smallest absolute Gasteiger partial charge is 0.0228 e. The van der Waals surface area contributed by atoms with Crippen molar-refractivity contribution in [2.24, 2.45) is 0 Å². The molecule has 0 aliphatic rings. The molecular formula is C14H20. The summed E-state index contributed by atoms with van der Waals surface area (Å²) in [6.45, 7) is 10.5. The Kier molecular flexibility index (Phi) is 3.94. The standard InChI is InChI=1S/C14H20/c1-5-11-9-13(7-3)14(8-4)10-12(11)6-2/h5,9-10H,1,6-8H2,2-4H3. The monoisotopic (exact) mass is 188 g/mol. The van der Waals surface area contributed by atoms with Crippen LogP contribution in [0.2, 0.25) is 0 Å². The molecule has 0 heteroatoms. The summed E-state index contributed by atoms with van der Waals surface area (Å²) in [6, 6.07) is 4.64. The van der Waals surface area contributed by atoms with Gasteiger partial charge in [-0.1, -0.05) is 45.6 Å². The van der Waals surface area contributed by atoms with Gasteiger partial charge in [0.25, 0.3) is 0 Å². The van der Waals surface area contributed by atoms with E-state index in [1.54, 1.807) is 0 Å². The summed E-state index contributed by atoms with van der Waals surface area (Å²) in [5, 5.41) is 0. The first-order valence-corrected chi connectivity index (χ1v) is 5.53. The van der Waals surface area contributed by atoms with Crippen LogP contribution in [0.5, 0.6) is 0 Å². The van der Waals surface area contributed by atoms with Crippen LogP contribution in [-0.4, -0.2) is 0 Å². The zero-order valence-electron chi connectivity index (χ0n) is 9.56. The minimum atomic E-state index is 1.10. The highest BCUT2D eigenvalue weighted by molar-refractivity contribution is 5.55. The lowest BCUT2D eigenvalue weighted by Gasteiger charge is -2.11. The molecule has 76 valence electrons. The second-order valence-electron chi connectivity index (χ2n) is 3.58. The number of rotatable bonds is 4. The lowest BCUT2D eigenvalue weighted by molar-refractivity contribution is 1.01. The van der Waals surface area contributed by atoms with Crippen molar-refractivity contribution in [3.05, 3.63) is 41.0 Å². The minimum Gasteiger partial charge on any atom is -0.0985 e. The summed E-state index contributed by atoms with van der Waals surface area (Å²) in [7, 11) is 0. The number of hydrogen-bond donors (Lipinski definition) is 0. The average molecular weight is 188 g/mol. The van der Waals surface area contributed by atoms with Gasteiger partial charge in [0.15, 0.2) is 0 Å². The highest BCUT2D eigenvalue weighted by Gasteiger charge is 2.04. The quantitative estimate of drug-likeness (QED) is 0.669. The topological polar surface area (TPSA) is 0 Å². The number of hydrogen-bond acceptors (Lipinski definition) is 0. The Labute approximate surface area is 87.7 Å². The molecule has 0 amide bonds. The van der Waals surface area contributed by atoms with Crippen molar-refractivity contribution in [3.63, 3.8) is 0 Å². The van der Waals surface area contributed by atoms with Gasteiger partial charge in [-0.05, 0) is 41.5 Å². The molecule has 0 spiro atoms. The third-order valence-corrected chi connectivity index (χ3v) is 2.82. The molecule has 0 aliphatic carbocycles. The molecule has 0 radical (unpaired) electrons. The fourth-order valence-electron chi connectivity index (χ4n) is 1.91. The predicted molar refractivity (Wildman–Crippen MR) is 64.7 cm³/mol. The first kappa shape index (κ1) is 11.0. The Morgan fingerprint density at radius 2 is 1.43 bits per heavy atom. The summed E-state index contributed by atoms with van der Waals surface area (Å²) in [5.41, 5.74) is 5.70. The van der Waals surface area contributed by atoms with Crippen molar-refractivity contribution < 1.29 is 0 Å². The molecule has 1 rings (SSSR count). The Balaban J connectivity index is 3.27. The molecule has 0 saturated carbocycles. The van der Waals surface area contributed by atoms with Gasteiger partial charge in [-0.3, -0.25) is 0 Å². The van der Waals surface area contributed by atoms with E-state index in [1.165, 1.54) is 22.3 Å². The van der Waals surface area contributed by atoms with Crippen molar-refractivity contribution in [1.29, 1.82) is 0 Å². The van der Waals surface area contributed by atoms with Crippen molar-refractivity contribution >= 4 is 6.08 Å². The van der Waals surface area contributed by atoms with E-state index in [9.17, 15) is 0 Å². The first-order chi connectivity index (χ1) is 6.76. The van der Waals surface area contributed by atoms with Gasteiger partial charge < -0.3 is 0 Å². The van der Waals surface area contributed by atoms with Crippen molar-refractivity contribution in [2.75, 3.05) is 0 Å². The van der Waals surface area contributed by atoms with Gasteiger partial charge in [0.1, 0.15) is 0 Å². The van der Waals surface area contributed by atoms with Crippen molar-refractivity contribution in [1.82, 2.24) is 0 Å². The van der Waals surface area contributed by atoms with E-state index in [4.69, 9.17) is 0 Å². The molecule has 0 aliphatic heterocycles. The van der Waals surface area contributed by atoms with E-state index >= 15 is 0 Å². The molecule has 0 bridgehead atoms. The SMILES string of the molecule is C=Cc1cc(CC)c(CC)cc1CC. The number of benzene rings is 1. The fourth-order valence-corrected chi connectivity index (χ4v) is 1.91. The molecule has 0 nitrogen and oxygen atoms in total. The fraction of sp³-hybridized carbons (Fsp3) is 0.429. The maximum Gasteiger partial charge on any atom is -0.0228 e. The second-order valence-corrected chi connectivity index (χ2v) is 3.58. The predicted octanol–water partition coefficient (Wildman–Crippen LogP) is 4.02. The third kappa shape index (κ3) is 2.06. The molecule has 14 heavy (non-hydrogen) atoms. The highest BCUT2D eigenvalue weighted by Crippen LogP contribution is 2.20. The van der Waals surface area contributed by atoms with Crippen LogP contribution in [0.1, 0.15) is 43.0 Å². The first-order valence-electron chi connectivity index (χ1n) is 5.53. The number of aryl methyl sites for hydroxylation is 3. The van der Waals surface area contributed by atoms with Gasteiger partial charge in [0.05, 0.1) is 0 Å². The van der Waals surface area contributed by atoms with E-state index in [2.05, 4.69) is 39.5 Å². The Bertz CT molecular complexity index is 321. The van der Waals surface area contributed by atoms with Crippen molar-refractivity contribution in [3.8, 4) is 0 Å². The summed E-state index contributed by atoms with van der Waals surface area (Å²) < 4.78 is 0. The van der Waals surface area contributed by atoms with E-state index in [0.29, 0.717) is 0 Å². The summed E-state index contributed by atoms with van der Waals surface area (Å²) in [6.07, 6.45) is 5.32. The zero-order valence-corrected chi connectivity index (χ0v) is 9.56. The van der Waals surface area contributed by atoms with Crippen LogP contribution >= 0.6 is 0 Å². The van der Waals surface area contributed by atoms with Crippen LogP contribution in [0.3, 0.4) is 0 Å². The van der Waals surface area contributed by atoms with Crippen LogP contribution in [0.25, 0.3) is 6.08 Å². The maximum absolute atomic E-state index is 3.87. The van der Waals surface area contributed by atoms with Crippen LogP contribution in [0.4, 0.5) is 0 Å². The summed E-state index contributed by atoms with van der Waals surface area (Å²) >= 11 is 0. The van der Waals surface area contributed by atoms with E-state index in [-0.39, 0.29) is 0 Å². The second kappa shape index (κ2) is 4.99.